The molecule has 2 rings (SSSR count). The molecule has 0 aromatic heterocycles. The highest BCUT2D eigenvalue weighted by Crippen LogP contribution is 2.21. The van der Waals surface area contributed by atoms with Crippen LogP contribution in [0.25, 0.3) is 0 Å². The fourth-order valence-electron chi connectivity index (χ4n) is 3.44. The molecule has 20 heavy (non-hydrogen) atoms. The van der Waals surface area contributed by atoms with E-state index in [0.717, 1.165) is 25.4 Å². The summed E-state index contributed by atoms with van der Waals surface area (Å²) in [5.74, 6) is -0.395. The zero-order valence-corrected chi connectivity index (χ0v) is 12.8. The molecule has 1 amide bonds. The molecular formula is C15H30N4O. The van der Waals surface area contributed by atoms with Crippen molar-refractivity contribution in [3.8, 4) is 0 Å². The van der Waals surface area contributed by atoms with Crippen molar-refractivity contribution in [2.75, 3.05) is 32.7 Å². The minimum atomic E-state index is -0.846. The van der Waals surface area contributed by atoms with Gasteiger partial charge in [-0.15, -0.1) is 0 Å². The van der Waals surface area contributed by atoms with Gasteiger partial charge in [-0.3, -0.25) is 9.69 Å². The lowest BCUT2D eigenvalue weighted by molar-refractivity contribution is -0.122. The Balaban J connectivity index is 1.67. The Labute approximate surface area is 122 Å². The van der Waals surface area contributed by atoms with Crippen LogP contribution in [0, 0.1) is 0 Å². The van der Waals surface area contributed by atoms with E-state index >= 15 is 0 Å². The lowest BCUT2D eigenvalue weighted by atomic mass is 9.95. The number of fused-ring (bicyclic) bond motifs is 1. The van der Waals surface area contributed by atoms with E-state index < -0.39 is 11.4 Å². The highest BCUT2D eigenvalue weighted by Gasteiger charge is 2.28. The minimum absolute atomic E-state index is 0.395. The van der Waals surface area contributed by atoms with E-state index in [2.05, 4.69) is 9.80 Å². The third kappa shape index (κ3) is 4.17. The van der Waals surface area contributed by atoms with Crippen LogP contribution >= 0.6 is 0 Å². The van der Waals surface area contributed by atoms with Gasteiger partial charge in [0.2, 0.25) is 5.91 Å². The van der Waals surface area contributed by atoms with Gasteiger partial charge in [-0.1, -0.05) is 0 Å². The number of primary amides is 1. The molecule has 2 aliphatic heterocycles. The first-order valence-electron chi connectivity index (χ1n) is 8.04. The summed E-state index contributed by atoms with van der Waals surface area (Å²) in [7, 11) is 0. The van der Waals surface area contributed by atoms with E-state index in [4.69, 9.17) is 11.5 Å². The van der Waals surface area contributed by atoms with Crippen LogP contribution in [0.4, 0.5) is 0 Å². The Morgan fingerprint density at radius 1 is 1.25 bits per heavy atom. The third-order valence-electron chi connectivity index (χ3n) is 4.87. The molecule has 5 nitrogen and oxygen atoms in total. The average molecular weight is 282 g/mol. The maximum atomic E-state index is 11.2. The van der Waals surface area contributed by atoms with Crippen LogP contribution in [0.1, 0.15) is 45.4 Å². The van der Waals surface area contributed by atoms with E-state index in [1.165, 1.54) is 45.4 Å². The van der Waals surface area contributed by atoms with Crippen molar-refractivity contribution in [2.45, 2.75) is 57.0 Å². The zero-order valence-electron chi connectivity index (χ0n) is 12.8. The molecule has 0 aromatic carbocycles. The number of rotatable bonds is 6. The lowest BCUT2D eigenvalue weighted by Gasteiger charge is -2.26. The Hall–Kier alpha value is -0.650. The summed E-state index contributed by atoms with van der Waals surface area (Å²) in [6, 6.07) is 0.780. The second-order valence-corrected chi connectivity index (χ2v) is 6.73. The summed E-state index contributed by atoms with van der Waals surface area (Å²) in [5.41, 5.74) is 10.3. The Kier molecular flexibility index (Phi) is 5.41. The molecule has 0 aliphatic carbocycles. The molecular weight excluding hydrogens is 252 g/mol. The van der Waals surface area contributed by atoms with E-state index in [9.17, 15) is 4.79 Å². The van der Waals surface area contributed by atoms with Crippen LogP contribution in [-0.2, 0) is 4.79 Å². The van der Waals surface area contributed by atoms with Gasteiger partial charge in [0.25, 0.3) is 0 Å². The minimum Gasteiger partial charge on any atom is -0.368 e. The summed E-state index contributed by atoms with van der Waals surface area (Å²) in [4.78, 5) is 16.4. The molecule has 2 unspecified atom stereocenters. The van der Waals surface area contributed by atoms with Crippen molar-refractivity contribution in [1.82, 2.24) is 9.80 Å². The number of unbranched alkanes of at least 4 members (excludes halogenated alkanes) is 1. The molecule has 0 bridgehead atoms. The molecule has 2 saturated heterocycles. The SMILES string of the molecule is CC(N)(CCCCN1CCCN2CCCC2C1)C(N)=O. The Bertz CT molecular complexity index is 332. The molecule has 0 spiro atoms. The van der Waals surface area contributed by atoms with Gasteiger partial charge in [-0.2, -0.15) is 0 Å². The van der Waals surface area contributed by atoms with Crippen LogP contribution in [0.3, 0.4) is 0 Å². The predicted octanol–water partition coefficient (Wildman–Crippen LogP) is 0.530. The molecule has 4 N–H and O–H groups in total. The molecule has 0 aromatic rings. The quantitative estimate of drug-likeness (QED) is 0.697. The van der Waals surface area contributed by atoms with E-state index in [-0.39, 0.29) is 0 Å². The number of carbonyl (C=O) groups excluding carboxylic acids is 1. The van der Waals surface area contributed by atoms with Gasteiger partial charge >= 0.3 is 0 Å². The summed E-state index contributed by atoms with van der Waals surface area (Å²) >= 11 is 0. The van der Waals surface area contributed by atoms with Crippen LogP contribution < -0.4 is 11.5 Å². The second kappa shape index (κ2) is 6.87. The van der Waals surface area contributed by atoms with E-state index in [1.807, 2.05) is 0 Å². The average Bonchev–Trinajstić information content (AvgIpc) is 2.73. The second-order valence-electron chi connectivity index (χ2n) is 6.73. The first kappa shape index (κ1) is 15.7. The molecule has 0 saturated carbocycles. The Morgan fingerprint density at radius 3 is 2.75 bits per heavy atom. The molecule has 5 heteroatoms. The van der Waals surface area contributed by atoms with Gasteiger partial charge in [0, 0.05) is 12.6 Å². The largest absolute Gasteiger partial charge is 0.368 e. The summed E-state index contributed by atoms with van der Waals surface area (Å²) in [5, 5.41) is 0. The monoisotopic (exact) mass is 282 g/mol. The summed E-state index contributed by atoms with van der Waals surface area (Å²) in [6.07, 6.45) is 6.77. The maximum Gasteiger partial charge on any atom is 0.237 e. The number of nitrogens with two attached hydrogens (primary N) is 2. The van der Waals surface area contributed by atoms with E-state index in [1.54, 1.807) is 6.92 Å². The van der Waals surface area contributed by atoms with Crippen LogP contribution in [0.15, 0.2) is 0 Å². The maximum absolute atomic E-state index is 11.2. The lowest BCUT2D eigenvalue weighted by Crippen LogP contribution is -2.49. The van der Waals surface area contributed by atoms with Gasteiger partial charge in [-0.25, -0.2) is 0 Å². The highest BCUT2D eigenvalue weighted by molar-refractivity contribution is 5.83. The molecule has 2 aliphatic rings. The van der Waals surface area contributed by atoms with Gasteiger partial charge < -0.3 is 16.4 Å². The first-order chi connectivity index (χ1) is 9.49. The smallest absolute Gasteiger partial charge is 0.237 e. The van der Waals surface area contributed by atoms with Crippen molar-refractivity contribution < 1.29 is 4.79 Å². The van der Waals surface area contributed by atoms with Gasteiger partial charge in [0.15, 0.2) is 0 Å². The highest BCUT2D eigenvalue weighted by atomic mass is 16.1. The van der Waals surface area contributed by atoms with Crippen molar-refractivity contribution in [1.29, 1.82) is 0 Å². The molecule has 2 heterocycles. The number of nitrogens with zero attached hydrogens (tertiary/aromatic N) is 2. The number of hydrogen-bond acceptors (Lipinski definition) is 4. The van der Waals surface area contributed by atoms with Crippen LogP contribution in [0.2, 0.25) is 0 Å². The van der Waals surface area contributed by atoms with Gasteiger partial charge in [0.1, 0.15) is 0 Å². The normalized spacial score (nSPS) is 27.8. The van der Waals surface area contributed by atoms with Crippen molar-refractivity contribution in [3.63, 3.8) is 0 Å². The zero-order chi connectivity index (χ0) is 14.6. The summed E-state index contributed by atoms with van der Waals surface area (Å²) < 4.78 is 0. The van der Waals surface area contributed by atoms with Crippen molar-refractivity contribution >= 4 is 5.91 Å². The fraction of sp³-hybridized carbons (Fsp3) is 0.933. The molecule has 116 valence electrons. The van der Waals surface area contributed by atoms with Gasteiger partial charge in [0.05, 0.1) is 5.54 Å². The standard InChI is InChI=1S/C15H30N4O/c1-15(17,14(16)20)7-2-3-8-18-9-5-11-19-10-4-6-13(19)12-18/h13H,2-12,17H2,1H3,(H2,16,20). The third-order valence-corrected chi connectivity index (χ3v) is 4.87. The van der Waals surface area contributed by atoms with Crippen LogP contribution in [0.5, 0.6) is 0 Å². The number of amides is 1. The van der Waals surface area contributed by atoms with Crippen molar-refractivity contribution in [2.24, 2.45) is 11.5 Å². The fourth-order valence-corrected chi connectivity index (χ4v) is 3.44. The van der Waals surface area contributed by atoms with Gasteiger partial charge in [-0.05, 0) is 71.6 Å². The topological polar surface area (TPSA) is 75.6 Å². The first-order valence-corrected chi connectivity index (χ1v) is 8.04. The molecule has 0 radical (unpaired) electrons. The molecule has 2 atom stereocenters. The predicted molar refractivity (Wildman–Crippen MR) is 81.3 cm³/mol. The van der Waals surface area contributed by atoms with E-state index in [0.29, 0.717) is 6.42 Å². The van der Waals surface area contributed by atoms with Crippen LogP contribution in [-0.4, -0.2) is 60.0 Å². The number of carbonyl (C=O) groups is 1. The Morgan fingerprint density at radius 2 is 2.00 bits per heavy atom. The van der Waals surface area contributed by atoms with Crippen molar-refractivity contribution in [3.05, 3.63) is 0 Å². The molecule has 2 fully saturated rings. The summed E-state index contributed by atoms with van der Waals surface area (Å²) in [6.45, 7) is 7.85. The number of hydrogen-bond donors (Lipinski definition) is 2.